The second kappa shape index (κ2) is 7.25. The van der Waals surface area contributed by atoms with E-state index in [1.54, 1.807) is 29.0 Å². The van der Waals surface area contributed by atoms with Gasteiger partial charge in [-0.25, -0.2) is 9.61 Å². The van der Waals surface area contributed by atoms with Gasteiger partial charge in [0, 0.05) is 30.5 Å². The molecule has 1 aromatic carbocycles. The Hall–Kier alpha value is -3.33. The average Bonchev–Trinajstić information content (AvgIpc) is 3.48. The molecule has 0 saturated carbocycles. The number of thioether (sulfide) groups is 1. The Morgan fingerprint density at radius 3 is 2.76 bits per heavy atom. The van der Waals surface area contributed by atoms with E-state index in [9.17, 15) is 9.59 Å². The molecule has 0 spiro atoms. The summed E-state index contributed by atoms with van der Waals surface area (Å²) < 4.78 is 6.92. The van der Waals surface area contributed by atoms with Crippen LogP contribution in [0.1, 0.15) is 18.4 Å². The number of carbonyl (C=O) groups is 1. The Kier molecular flexibility index (Phi) is 4.44. The van der Waals surface area contributed by atoms with Crippen molar-refractivity contribution in [3.63, 3.8) is 0 Å². The van der Waals surface area contributed by atoms with Crippen molar-refractivity contribution in [2.75, 3.05) is 11.4 Å². The summed E-state index contributed by atoms with van der Waals surface area (Å²) in [7, 11) is 0. The highest BCUT2D eigenvalue weighted by molar-refractivity contribution is 7.98. The van der Waals surface area contributed by atoms with Crippen molar-refractivity contribution >= 4 is 28.9 Å². The Balaban J connectivity index is 1.37. The van der Waals surface area contributed by atoms with E-state index in [2.05, 4.69) is 15.3 Å². The van der Waals surface area contributed by atoms with Crippen molar-refractivity contribution in [3.05, 3.63) is 64.6 Å². The van der Waals surface area contributed by atoms with Gasteiger partial charge in [0.1, 0.15) is 11.2 Å². The molecule has 1 aliphatic rings. The standard InChI is InChI=1S/C20H17N5O3S/c26-18-4-1-9-24(18)14-7-5-13(6-8-14)12-29-20-22-21-19(27)16-11-15(23-25(16)20)17-3-2-10-28-17/h2-3,5-8,10-11H,1,4,9,12H2,(H,21,27). The number of nitrogens with zero attached hydrogens (tertiary/aromatic N) is 4. The maximum Gasteiger partial charge on any atom is 0.290 e. The first-order valence-corrected chi connectivity index (χ1v) is 10.2. The van der Waals surface area contributed by atoms with Crippen LogP contribution in [0.15, 0.2) is 63.1 Å². The second-order valence-electron chi connectivity index (χ2n) is 6.74. The van der Waals surface area contributed by atoms with Gasteiger partial charge in [0.2, 0.25) is 11.1 Å². The molecule has 3 aromatic heterocycles. The number of anilines is 1. The number of nitrogens with one attached hydrogen (secondary N) is 1. The van der Waals surface area contributed by atoms with E-state index in [1.165, 1.54) is 11.8 Å². The molecular formula is C20H17N5O3S. The van der Waals surface area contributed by atoms with Gasteiger partial charge in [-0.3, -0.25) is 9.59 Å². The van der Waals surface area contributed by atoms with Gasteiger partial charge in [0.05, 0.1) is 6.26 Å². The third-order valence-electron chi connectivity index (χ3n) is 4.84. The number of hydrogen-bond donors (Lipinski definition) is 1. The molecular weight excluding hydrogens is 390 g/mol. The lowest BCUT2D eigenvalue weighted by atomic mass is 10.2. The van der Waals surface area contributed by atoms with E-state index in [1.807, 2.05) is 29.2 Å². The first kappa shape index (κ1) is 17.7. The van der Waals surface area contributed by atoms with E-state index in [0.717, 1.165) is 24.2 Å². The third-order valence-corrected chi connectivity index (χ3v) is 5.84. The van der Waals surface area contributed by atoms with Crippen LogP contribution in [0.2, 0.25) is 0 Å². The first-order chi connectivity index (χ1) is 14.2. The van der Waals surface area contributed by atoms with Crippen LogP contribution in [-0.4, -0.2) is 32.3 Å². The summed E-state index contributed by atoms with van der Waals surface area (Å²) in [5.41, 5.74) is 2.71. The first-order valence-electron chi connectivity index (χ1n) is 9.23. The molecule has 4 aromatic rings. The molecule has 1 fully saturated rings. The molecule has 9 heteroatoms. The lowest BCUT2D eigenvalue weighted by Gasteiger charge is -2.15. The number of aromatic nitrogens is 4. The summed E-state index contributed by atoms with van der Waals surface area (Å²) in [5, 5.41) is 11.7. The van der Waals surface area contributed by atoms with Gasteiger partial charge in [-0.2, -0.15) is 5.10 Å². The fourth-order valence-corrected chi connectivity index (χ4v) is 4.23. The van der Waals surface area contributed by atoms with Gasteiger partial charge in [-0.1, -0.05) is 23.9 Å². The predicted octanol–water partition coefficient (Wildman–Crippen LogP) is 3.10. The van der Waals surface area contributed by atoms with Crippen LogP contribution in [-0.2, 0) is 10.5 Å². The minimum Gasteiger partial charge on any atom is -0.463 e. The molecule has 29 heavy (non-hydrogen) atoms. The van der Waals surface area contributed by atoms with Gasteiger partial charge in [-0.15, -0.1) is 5.10 Å². The summed E-state index contributed by atoms with van der Waals surface area (Å²) in [6.45, 7) is 0.781. The van der Waals surface area contributed by atoms with Crippen molar-refractivity contribution in [2.45, 2.75) is 23.8 Å². The summed E-state index contributed by atoms with van der Waals surface area (Å²) in [6.07, 6.45) is 3.10. The largest absolute Gasteiger partial charge is 0.463 e. The van der Waals surface area contributed by atoms with Crippen molar-refractivity contribution in [3.8, 4) is 11.5 Å². The van der Waals surface area contributed by atoms with Crippen LogP contribution in [0.5, 0.6) is 0 Å². The van der Waals surface area contributed by atoms with Crippen molar-refractivity contribution < 1.29 is 9.21 Å². The van der Waals surface area contributed by atoms with Crippen LogP contribution in [0, 0.1) is 0 Å². The predicted molar refractivity (Wildman–Crippen MR) is 109 cm³/mol. The summed E-state index contributed by atoms with van der Waals surface area (Å²) in [5.74, 6) is 1.42. The molecule has 1 aliphatic heterocycles. The fourth-order valence-electron chi connectivity index (χ4n) is 3.37. The normalized spacial score (nSPS) is 14.2. The summed E-state index contributed by atoms with van der Waals surface area (Å²) >= 11 is 1.47. The molecule has 0 unspecified atom stereocenters. The number of aromatic amines is 1. The highest BCUT2D eigenvalue weighted by Crippen LogP contribution is 2.26. The van der Waals surface area contributed by atoms with E-state index in [-0.39, 0.29) is 11.5 Å². The van der Waals surface area contributed by atoms with E-state index < -0.39 is 0 Å². The average molecular weight is 407 g/mol. The molecule has 5 rings (SSSR count). The Labute approximate surface area is 169 Å². The highest BCUT2D eigenvalue weighted by Gasteiger charge is 2.21. The van der Waals surface area contributed by atoms with E-state index >= 15 is 0 Å². The number of fused-ring (bicyclic) bond motifs is 1. The minimum absolute atomic E-state index is 0.179. The molecule has 4 heterocycles. The van der Waals surface area contributed by atoms with Crippen LogP contribution in [0.25, 0.3) is 17.0 Å². The zero-order chi connectivity index (χ0) is 19.8. The molecule has 1 amide bonds. The summed E-state index contributed by atoms with van der Waals surface area (Å²) in [4.78, 5) is 25.8. The van der Waals surface area contributed by atoms with E-state index in [0.29, 0.717) is 34.3 Å². The SMILES string of the molecule is O=C1CCCN1c1ccc(CSc2n[nH]c(=O)c3cc(-c4ccco4)nn23)cc1. The Morgan fingerprint density at radius 1 is 1.17 bits per heavy atom. The molecule has 0 atom stereocenters. The van der Waals surface area contributed by atoms with Gasteiger partial charge < -0.3 is 9.32 Å². The second-order valence-corrected chi connectivity index (χ2v) is 7.69. The molecule has 0 radical (unpaired) electrons. The monoisotopic (exact) mass is 407 g/mol. The number of hydrogen-bond acceptors (Lipinski definition) is 6. The van der Waals surface area contributed by atoms with Crippen LogP contribution < -0.4 is 10.5 Å². The molecule has 0 bridgehead atoms. The van der Waals surface area contributed by atoms with Crippen LogP contribution >= 0.6 is 11.8 Å². The van der Waals surface area contributed by atoms with Crippen molar-refractivity contribution in [1.82, 2.24) is 19.8 Å². The quantitative estimate of drug-likeness (QED) is 0.511. The minimum atomic E-state index is -0.306. The molecule has 1 N–H and O–H groups in total. The molecule has 1 saturated heterocycles. The number of carbonyl (C=O) groups excluding carboxylic acids is 1. The lowest BCUT2D eigenvalue weighted by molar-refractivity contribution is -0.117. The van der Waals surface area contributed by atoms with Gasteiger partial charge in [0.15, 0.2) is 5.76 Å². The molecule has 0 aliphatic carbocycles. The van der Waals surface area contributed by atoms with E-state index in [4.69, 9.17) is 4.42 Å². The van der Waals surface area contributed by atoms with Crippen molar-refractivity contribution in [2.24, 2.45) is 0 Å². The number of benzene rings is 1. The lowest BCUT2D eigenvalue weighted by Crippen LogP contribution is -2.23. The topological polar surface area (TPSA) is 96.5 Å². The van der Waals surface area contributed by atoms with Gasteiger partial charge >= 0.3 is 0 Å². The third kappa shape index (κ3) is 3.33. The number of H-pyrrole nitrogens is 1. The van der Waals surface area contributed by atoms with Crippen LogP contribution in [0.4, 0.5) is 5.69 Å². The number of amides is 1. The zero-order valence-electron chi connectivity index (χ0n) is 15.4. The molecule has 8 nitrogen and oxygen atoms in total. The number of furan rings is 1. The Morgan fingerprint density at radius 2 is 2.03 bits per heavy atom. The molecule has 146 valence electrons. The zero-order valence-corrected chi connectivity index (χ0v) is 16.2. The maximum atomic E-state index is 12.1. The Bertz CT molecular complexity index is 1230. The fraction of sp³-hybridized carbons (Fsp3) is 0.200. The van der Waals surface area contributed by atoms with Gasteiger partial charge in [0.25, 0.3) is 5.56 Å². The maximum absolute atomic E-state index is 12.1. The smallest absolute Gasteiger partial charge is 0.290 e. The van der Waals surface area contributed by atoms with Gasteiger partial charge in [-0.05, 0) is 36.2 Å². The van der Waals surface area contributed by atoms with Crippen molar-refractivity contribution in [1.29, 1.82) is 0 Å². The highest BCUT2D eigenvalue weighted by atomic mass is 32.2. The number of rotatable bonds is 5. The van der Waals surface area contributed by atoms with Crippen LogP contribution in [0.3, 0.4) is 0 Å². The summed E-state index contributed by atoms with van der Waals surface area (Å²) in [6, 6.07) is 13.2.